The molecule has 0 bridgehead atoms. The van der Waals surface area contributed by atoms with Crippen molar-refractivity contribution in [1.29, 1.82) is 0 Å². The van der Waals surface area contributed by atoms with Crippen LogP contribution in [0.3, 0.4) is 0 Å². The zero-order chi connectivity index (χ0) is 13.8. The molecule has 1 heterocycles. The monoisotopic (exact) mass is 261 g/mol. The molecular formula is C12H11N3O4. The quantitative estimate of drug-likeness (QED) is 0.740. The minimum Gasteiger partial charge on any atom is -0.497 e. The number of anilines is 1. The summed E-state index contributed by atoms with van der Waals surface area (Å²) in [7, 11) is 1.51. The van der Waals surface area contributed by atoms with Crippen LogP contribution in [0.2, 0.25) is 0 Å². The van der Waals surface area contributed by atoms with Gasteiger partial charge in [0.2, 0.25) is 0 Å². The number of H-pyrrole nitrogens is 2. The lowest BCUT2D eigenvalue weighted by molar-refractivity contribution is 0.102. The highest BCUT2D eigenvalue weighted by Crippen LogP contribution is 2.16. The first-order chi connectivity index (χ1) is 9.10. The number of carbonyl (C=O) groups is 1. The van der Waals surface area contributed by atoms with Gasteiger partial charge in [-0.15, -0.1) is 0 Å². The van der Waals surface area contributed by atoms with Gasteiger partial charge in [0.05, 0.1) is 7.11 Å². The topological polar surface area (TPSA) is 104 Å². The number of hydrogen-bond donors (Lipinski definition) is 3. The van der Waals surface area contributed by atoms with Gasteiger partial charge in [-0.2, -0.15) is 0 Å². The van der Waals surface area contributed by atoms with Crippen molar-refractivity contribution in [3.63, 3.8) is 0 Å². The summed E-state index contributed by atoms with van der Waals surface area (Å²) in [5.41, 5.74) is -1.11. The predicted octanol–water partition coefficient (Wildman–Crippen LogP) is 0.324. The Hall–Kier alpha value is -2.83. The minimum absolute atomic E-state index is 0.178. The molecule has 1 aromatic heterocycles. The van der Waals surface area contributed by atoms with Crippen molar-refractivity contribution < 1.29 is 9.53 Å². The smallest absolute Gasteiger partial charge is 0.325 e. The maximum atomic E-state index is 11.9. The molecule has 0 unspecified atom stereocenters. The van der Waals surface area contributed by atoms with E-state index in [1.54, 1.807) is 24.3 Å². The Balaban J connectivity index is 2.25. The number of aromatic amines is 2. The molecule has 0 saturated heterocycles. The lowest BCUT2D eigenvalue weighted by Crippen LogP contribution is -2.29. The predicted molar refractivity (Wildman–Crippen MR) is 68.6 cm³/mol. The molecule has 0 radical (unpaired) electrons. The first-order valence-corrected chi connectivity index (χ1v) is 5.37. The van der Waals surface area contributed by atoms with Crippen molar-refractivity contribution >= 4 is 11.6 Å². The molecular weight excluding hydrogens is 250 g/mol. The van der Waals surface area contributed by atoms with E-state index in [0.717, 1.165) is 6.20 Å². The molecule has 19 heavy (non-hydrogen) atoms. The zero-order valence-corrected chi connectivity index (χ0v) is 10.0. The maximum Gasteiger partial charge on any atom is 0.325 e. The van der Waals surface area contributed by atoms with Crippen LogP contribution in [-0.4, -0.2) is 23.0 Å². The van der Waals surface area contributed by atoms with Gasteiger partial charge >= 0.3 is 5.69 Å². The summed E-state index contributed by atoms with van der Waals surface area (Å²) in [6.45, 7) is 0. The summed E-state index contributed by atoms with van der Waals surface area (Å²) in [5, 5.41) is 2.53. The first kappa shape index (κ1) is 12.6. The molecule has 2 rings (SSSR count). The van der Waals surface area contributed by atoms with Gasteiger partial charge in [0.15, 0.2) is 0 Å². The summed E-state index contributed by atoms with van der Waals surface area (Å²) in [5.74, 6) is -0.0427. The fourth-order valence-electron chi connectivity index (χ4n) is 1.48. The standard InChI is InChI=1S/C12H11N3O4/c1-19-8-4-2-3-7(5-8)14-10(16)9-6-13-12(18)15-11(9)17/h2-6H,1H3,(H,14,16)(H2,13,15,17,18). The number of aromatic nitrogens is 2. The summed E-state index contributed by atoms with van der Waals surface area (Å²) in [6.07, 6.45) is 1.07. The van der Waals surface area contributed by atoms with E-state index in [0.29, 0.717) is 11.4 Å². The highest BCUT2D eigenvalue weighted by molar-refractivity contribution is 6.03. The van der Waals surface area contributed by atoms with Crippen LogP contribution in [0.5, 0.6) is 5.75 Å². The van der Waals surface area contributed by atoms with Crippen LogP contribution in [0.4, 0.5) is 5.69 Å². The third kappa shape index (κ3) is 2.89. The second-order valence-corrected chi connectivity index (χ2v) is 3.67. The number of amides is 1. The molecule has 0 aliphatic rings. The normalized spacial score (nSPS) is 9.95. The Kier molecular flexibility index (Phi) is 3.46. The fraction of sp³-hybridized carbons (Fsp3) is 0.0833. The molecule has 98 valence electrons. The summed E-state index contributed by atoms with van der Waals surface area (Å²) in [6, 6.07) is 6.69. The van der Waals surface area contributed by atoms with Crippen molar-refractivity contribution in [1.82, 2.24) is 9.97 Å². The van der Waals surface area contributed by atoms with Crippen LogP contribution in [0, 0.1) is 0 Å². The second-order valence-electron chi connectivity index (χ2n) is 3.67. The van der Waals surface area contributed by atoms with Gasteiger partial charge in [-0.05, 0) is 12.1 Å². The van der Waals surface area contributed by atoms with Crippen molar-refractivity contribution in [3.05, 3.63) is 56.9 Å². The third-order valence-electron chi connectivity index (χ3n) is 2.39. The molecule has 0 aliphatic carbocycles. The Bertz CT molecular complexity index is 717. The average Bonchev–Trinajstić information content (AvgIpc) is 2.38. The molecule has 1 amide bonds. The van der Waals surface area contributed by atoms with Crippen LogP contribution < -0.4 is 21.3 Å². The average molecular weight is 261 g/mol. The molecule has 7 nitrogen and oxygen atoms in total. The molecule has 1 aromatic carbocycles. The van der Waals surface area contributed by atoms with E-state index < -0.39 is 17.2 Å². The van der Waals surface area contributed by atoms with Crippen molar-refractivity contribution in [2.75, 3.05) is 12.4 Å². The Morgan fingerprint density at radius 3 is 2.79 bits per heavy atom. The molecule has 3 N–H and O–H groups in total. The number of rotatable bonds is 3. The van der Waals surface area contributed by atoms with Gasteiger partial charge in [0, 0.05) is 18.0 Å². The van der Waals surface area contributed by atoms with E-state index in [-0.39, 0.29) is 5.56 Å². The number of methoxy groups -OCH3 is 1. The van der Waals surface area contributed by atoms with Gasteiger partial charge in [0.25, 0.3) is 11.5 Å². The van der Waals surface area contributed by atoms with Gasteiger partial charge in [-0.1, -0.05) is 6.07 Å². The summed E-state index contributed by atoms with van der Waals surface area (Å²) in [4.78, 5) is 38.3. The molecule has 0 atom stereocenters. The van der Waals surface area contributed by atoms with Crippen LogP contribution in [-0.2, 0) is 0 Å². The van der Waals surface area contributed by atoms with E-state index in [9.17, 15) is 14.4 Å². The van der Waals surface area contributed by atoms with Crippen LogP contribution in [0.25, 0.3) is 0 Å². The van der Waals surface area contributed by atoms with Crippen molar-refractivity contribution in [2.24, 2.45) is 0 Å². The van der Waals surface area contributed by atoms with Crippen LogP contribution in [0.15, 0.2) is 40.1 Å². The largest absolute Gasteiger partial charge is 0.497 e. The van der Waals surface area contributed by atoms with E-state index in [2.05, 4.69) is 10.3 Å². The zero-order valence-electron chi connectivity index (χ0n) is 10.0. The molecule has 7 heteroatoms. The highest BCUT2D eigenvalue weighted by Gasteiger charge is 2.11. The van der Waals surface area contributed by atoms with Crippen LogP contribution >= 0.6 is 0 Å². The molecule has 0 spiro atoms. The van der Waals surface area contributed by atoms with Gasteiger partial charge in [0.1, 0.15) is 11.3 Å². The number of hydrogen-bond acceptors (Lipinski definition) is 4. The number of nitrogens with one attached hydrogen (secondary N) is 3. The van der Waals surface area contributed by atoms with Gasteiger partial charge in [-0.25, -0.2) is 4.79 Å². The van der Waals surface area contributed by atoms with E-state index in [4.69, 9.17) is 4.74 Å². The second kappa shape index (κ2) is 5.21. The minimum atomic E-state index is -0.746. The molecule has 0 aliphatic heterocycles. The lowest BCUT2D eigenvalue weighted by Gasteiger charge is -2.06. The van der Waals surface area contributed by atoms with E-state index in [1.807, 2.05) is 4.98 Å². The highest BCUT2D eigenvalue weighted by atomic mass is 16.5. The fourth-order valence-corrected chi connectivity index (χ4v) is 1.48. The molecule has 0 saturated carbocycles. The molecule has 2 aromatic rings. The van der Waals surface area contributed by atoms with Crippen molar-refractivity contribution in [3.8, 4) is 5.75 Å². The third-order valence-corrected chi connectivity index (χ3v) is 2.39. The Morgan fingerprint density at radius 2 is 2.11 bits per heavy atom. The van der Waals surface area contributed by atoms with Crippen molar-refractivity contribution in [2.45, 2.75) is 0 Å². The van der Waals surface area contributed by atoms with Gasteiger partial charge < -0.3 is 15.0 Å². The number of benzene rings is 1. The van der Waals surface area contributed by atoms with E-state index in [1.165, 1.54) is 7.11 Å². The summed E-state index contributed by atoms with van der Waals surface area (Å²) < 4.78 is 5.01. The maximum absolute atomic E-state index is 11.9. The molecule has 0 fully saturated rings. The lowest BCUT2D eigenvalue weighted by atomic mass is 10.2. The summed E-state index contributed by atoms with van der Waals surface area (Å²) >= 11 is 0. The Labute approximate surface area is 107 Å². The first-order valence-electron chi connectivity index (χ1n) is 5.37. The van der Waals surface area contributed by atoms with E-state index >= 15 is 0 Å². The van der Waals surface area contributed by atoms with Gasteiger partial charge in [-0.3, -0.25) is 14.6 Å². The van der Waals surface area contributed by atoms with Crippen LogP contribution in [0.1, 0.15) is 10.4 Å². The number of carbonyl (C=O) groups excluding carboxylic acids is 1. The SMILES string of the molecule is COc1cccc(NC(=O)c2c[nH]c(=O)[nH]c2=O)c1. The number of ether oxygens (including phenoxy) is 1. The Morgan fingerprint density at radius 1 is 1.32 bits per heavy atom.